The highest BCUT2D eigenvalue weighted by Crippen LogP contribution is 2.38. The van der Waals surface area contributed by atoms with Gasteiger partial charge in [-0.15, -0.1) is 0 Å². The lowest BCUT2D eigenvalue weighted by Crippen LogP contribution is -2.30. The number of nitrogens with one attached hydrogen (secondary N) is 1. The van der Waals surface area contributed by atoms with Gasteiger partial charge in [-0.2, -0.15) is 0 Å². The van der Waals surface area contributed by atoms with Gasteiger partial charge in [-0.25, -0.2) is 4.39 Å². The summed E-state index contributed by atoms with van der Waals surface area (Å²) in [4.78, 5) is 32.0. The third-order valence-corrected chi connectivity index (χ3v) is 5.88. The van der Waals surface area contributed by atoms with Crippen molar-refractivity contribution in [3.05, 3.63) is 69.0 Å². The summed E-state index contributed by atoms with van der Waals surface area (Å²) in [6.07, 6.45) is 0. The second-order valence-electron chi connectivity index (χ2n) is 8.19. The summed E-state index contributed by atoms with van der Waals surface area (Å²) in [5.41, 5.74) is 1.63. The van der Waals surface area contributed by atoms with Gasteiger partial charge in [0.25, 0.3) is 11.1 Å². The molecule has 0 aliphatic heterocycles. The summed E-state index contributed by atoms with van der Waals surface area (Å²) < 4.78 is 27.4. The molecule has 8 heteroatoms. The van der Waals surface area contributed by atoms with Crippen LogP contribution in [0.5, 0.6) is 0 Å². The van der Waals surface area contributed by atoms with E-state index in [4.69, 9.17) is 8.83 Å². The second-order valence-corrected chi connectivity index (χ2v) is 8.19. The maximum Gasteiger partial charge on any atom is 0.265 e. The third-order valence-electron chi connectivity index (χ3n) is 5.88. The lowest BCUT2D eigenvalue weighted by Gasteiger charge is -2.08. The predicted molar refractivity (Wildman–Crippen MR) is 122 cm³/mol. The number of aromatic nitrogens is 2. The molecular weight excluding hydrogens is 413 g/mol. The molecule has 0 saturated heterocycles. The first-order valence-electron chi connectivity index (χ1n) is 10.2. The number of hydrogen-bond donors (Lipinski definition) is 1. The van der Waals surface area contributed by atoms with Crippen LogP contribution in [-0.4, -0.2) is 35.1 Å². The van der Waals surface area contributed by atoms with E-state index in [9.17, 15) is 14.0 Å². The molecular formula is C24H18FN3O4. The average molecular weight is 431 g/mol. The van der Waals surface area contributed by atoms with Gasteiger partial charge in [0.2, 0.25) is 0 Å². The van der Waals surface area contributed by atoms with Gasteiger partial charge in [0.15, 0.2) is 22.3 Å². The second kappa shape index (κ2) is 6.54. The summed E-state index contributed by atoms with van der Waals surface area (Å²) in [6, 6.07) is 11.4. The molecule has 6 aromatic rings. The van der Waals surface area contributed by atoms with Crippen molar-refractivity contribution in [1.29, 1.82) is 0 Å². The minimum absolute atomic E-state index is 0.177. The normalized spacial score (nSPS) is 12.4. The molecule has 3 aromatic heterocycles. The summed E-state index contributed by atoms with van der Waals surface area (Å²) in [6.45, 7) is 0.764. The number of rotatable bonds is 3. The van der Waals surface area contributed by atoms with Crippen LogP contribution in [0.25, 0.3) is 54.9 Å². The molecule has 32 heavy (non-hydrogen) atoms. The van der Waals surface area contributed by atoms with E-state index in [2.05, 4.69) is 4.98 Å². The van der Waals surface area contributed by atoms with Gasteiger partial charge in [0.1, 0.15) is 11.2 Å². The Morgan fingerprint density at radius 3 is 2.34 bits per heavy atom. The standard InChI is InChI=1S/C24H18FN3O4/c1-27(2)9-10-28-23(29)18-17-13-8-7-12(25)11-14(13)26-20(17)22-21(19(18)24(28)30)31-15-5-3-4-6-16(15)32-22/h3-8,11,26H,9-10H2,1-2H3. The fraction of sp³-hybridized carbons (Fsp3) is 0.167. The van der Waals surface area contributed by atoms with Gasteiger partial charge in [-0.3, -0.25) is 14.2 Å². The number of aromatic amines is 1. The Hall–Kier alpha value is -3.91. The van der Waals surface area contributed by atoms with E-state index < -0.39 is 16.9 Å². The Balaban J connectivity index is 1.90. The van der Waals surface area contributed by atoms with Crippen molar-refractivity contribution in [3.8, 4) is 0 Å². The molecule has 7 nitrogen and oxygen atoms in total. The average Bonchev–Trinajstić information content (AvgIpc) is 3.25. The zero-order chi connectivity index (χ0) is 22.1. The molecule has 3 heterocycles. The van der Waals surface area contributed by atoms with Crippen LogP contribution in [0.4, 0.5) is 4.39 Å². The number of likely N-dealkylation sites (N-methyl/N-ethyl adjacent to an activating group) is 1. The maximum absolute atomic E-state index is 13.9. The third kappa shape index (κ3) is 2.50. The lowest BCUT2D eigenvalue weighted by atomic mass is 10.1. The molecule has 0 radical (unpaired) electrons. The molecule has 0 saturated carbocycles. The number of benzene rings is 3. The van der Waals surface area contributed by atoms with E-state index >= 15 is 0 Å². The Morgan fingerprint density at radius 1 is 0.938 bits per heavy atom. The quantitative estimate of drug-likeness (QED) is 0.425. The first-order valence-corrected chi connectivity index (χ1v) is 10.2. The predicted octanol–water partition coefficient (Wildman–Crippen LogP) is 4.19. The topological polar surface area (TPSA) is 84.4 Å². The van der Waals surface area contributed by atoms with Crippen LogP contribution in [0.3, 0.4) is 0 Å². The molecule has 0 atom stereocenters. The molecule has 3 aromatic carbocycles. The molecule has 1 N–H and O–H groups in total. The van der Waals surface area contributed by atoms with Gasteiger partial charge in [-0.1, -0.05) is 12.1 Å². The van der Waals surface area contributed by atoms with Gasteiger partial charge in [0.05, 0.1) is 10.9 Å². The van der Waals surface area contributed by atoms with Crippen LogP contribution in [0, 0.1) is 5.82 Å². The summed E-state index contributed by atoms with van der Waals surface area (Å²) >= 11 is 0. The molecule has 0 bridgehead atoms. The number of para-hydroxylation sites is 2. The SMILES string of the molecule is CN(C)CCn1c(=O)c2c3oc4ccccc4oc3c3[nH]c4cc(F)ccc4c3c2c1=O. The molecule has 0 unspecified atom stereocenters. The number of fused-ring (bicyclic) bond motifs is 9. The molecule has 0 fully saturated rings. The Kier molecular flexibility index (Phi) is 3.85. The Morgan fingerprint density at radius 2 is 1.62 bits per heavy atom. The number of halogens is 1. The van der Waals surface area contributed by atoms with Crippen molar-refractivity contribution in [2.75, 3.05) is 20.6 Å². The van der Waals surface area contributed by atoms with Gasteiger partial charge < -0.3 is 18.7 Å². The van der Waals surface area contributed by atoms with Crippen molar-refractivity contribution in [3.63, 3.8) is 0 Å². The molecule has 0 spiro atoms. The fourth-order valence-electron chi connectivity index (χ4n) is 4.38. The molecule has 0 amide bonds. The Labute approximate surface area is 179 Å². The van der Waals surface area contributed by atoms with E-state index in [-0.39, 0.29) is 22.9 Å². The highest BCUT2D eigenvalue weighted by atomic mass is 19.1. The van der Waals surface area contributed by atoms with E-state index in [1.807, 2.05) is 25.1 Å². The van der Waals surface area contributed by atoms with Crippen LogP contribution in [0.2, 0.25) is 0 Å². The van der Waals surface area contributed by atoms with Gasteiger partial charge >= 0.3 is 0 Å². The van der Waals surface area contributed by atoms with E-state index in [0.717, 1.165) is 0 Å². The largest absolute Gasteiger partial charge is 0.449 e. The van der Waals surface area contributed by atoms with Gasteiger partial charge in [-0.05, 0) is 44.4 Å². The summed E-state index contributed by atoms with van der Waals surface area (Å²) in [5.74, 6) is -0.410. The molecule has 6 rings (SSSR count). The van der Waals surface area contributed by atoms with Crippen molar-refractivity contribution < 1.29 is 13.2 Å². The number of H-pyrrole nitrogens is 1. The van der Waals surface area contributed by atoms with Gasteiger partial charge in [0, 0.05) is 29.4 Å². The van der Waals surface area contributed by atoms with Crippen LogP contribution in [0.1, 0.15) is 0 Å². The minimum Gasteiger partial charge on any atom is -0.449 e. The lowest BCUT2D eigenvalue weighted by molar-refractivity contribution is 0.380. The number of nitrogens with zero attached hydrogens (tertiary/aromatic N) is 2. The molecule has 160 valence electrons. The van der Waals surface area contributed by atoms with Crippen LogP contribution >= 0.6 is 0 Å². The highest BCUT2D eigenvalue weighted by molar-refractivity contribution is 6.29. The first-order chi connectivity index (χ1) is 15.4. The highest BCUT2D eigenvalue weighted by Gasteiger charge is 2.25. The van der Waals surface area contributed by atoms with E-state index in [1.165, 1.54) is 16.7 Å². The molecule has 0 aliphatic carbocycles. The van der Waals surface area contributed by atoms with Crippen LogP contribution < -0.4 is 11.1 Å². The molecule has 0 aliphatic rings. The smallest absolute Gasteiger partial charge is 0.265 e. The fourth-order valence-corrected chi connectivity index (χ4v) is 4.38. The van der Waals surface area contributed by atoms with Crippen molar-refractivity contribution >= 4 is 54.9 Å². The zero-order valence-electron chi connectivity index (χ0n) is 17.4. The zero-order valence-corrected chi connectivity index (χ0v) is 17.4. The van der Waals surface area contributed by atoms with E-state index in [0.29, 0.717) is 45.1 Å². The first kappa shape index (κ1) is 18.8. The van der Waals surface area contributed by atoms with Crippen molar-refractivity contribution in [1.82, 2.24) is 14.5 Å². The Bertz CT molecular complexity index is 1820. The summed E-state index contributed by atoms with van der Waals surface area (Å²) in [7, 11) is 3.75. The van der Waals surface area contributed by atoms with Crippen LogP contribution in [0.15, 0.2) is 60.9 Å². The monoisotopic (exact) mass is 431 g/mol. The minimum atomic E-state index is -0.426. The maximum atomic E-state index is 13.9. The number of hydrogen-bond acceptors (Lipinski definition) is 5. The van der Waals surface area contributed by atoms with Crippen LogP contribution in [-0.2, 0) is 6.54 Å². The van der Waals surface area contributed by atoms with E-state index in [1.54, 1.807) is 24.3 Å². The van der Waals surface area contributed by atoms with Crippen molar-refractivity contribution in [2.24, 2.45) is 0 Å². The van der Waals surface area contributed by atoms with Crippen molar-refractivity contribution in [2.45, 2.75) is 6.54 Å². The summed E-state index contributed by atoms with van der Waals surface area (Å²) in [5, 5.41) is 1.60.